The van der Waals surface area contributed by atoms with Gasteiger partial charge in [-0.2, -0.15) is 4.31 Å². The molecule has 178 valence electrons. The molecule has 0 aromatic heterocycles. The maximum Gasteiger partial charge on any atom is 0.255 e. The van der Waals surface area contributed by atoms with Crippen LogP contribution in [0.4, 0.5) is 15.8 Å². The number of amides is 1. The fourth-order valence-electron chi connectivity index (χ4n) is 4.10. The lowest BCUT2D eigenvalue weighted by atomic mass is 10.2. The largest absolute Gasteiger partial charge is 0.378 e. The van der Waals surface area contributed by atoms with Crippen LogP contribution in [0.5, 0.6) is 0 Å². The Kier molecular flexibility index (Phi) is 6.99. The van der Waals surface area contributed by atoms with Crippen LogP contribution in [0.15, 0.2) is 47.4 Å². The van der Waals surface area contributed by atoms with Crippen molar-refractivity contribution in [3.05, 3.63) is 53.8 Å². The van der Waals surface area contributed by atoms with Crippen LogP contribution in [0.1, 0.15) is 24.2 Å². The second kappa shape index (κ2) is 9.76. The van der Waals surface area contributed by atoms with Crippen molar-refractivity contribution in [1.82, 2.24) is 4.31 Å². The van der Waals surface area contributed by atoms with Gasteiger partial charge in [0.25, 0.3) is 5.91 Å². The number of rotatable bonds is 5. The van der Waals surface area contributed by atoms with E-state index in [2.05, 4.69) is 5.32 Å². The molecule has 2 saturated heterocycles. The van der Waals surface area contributed by atoms with Crippen molar-refractivity contribution in [1.29, 1.82) is 0 Å². The zero-order valence-corrected chi connectivity index (χ0v) is 19.5. The monoisotopic (exact) mass is 477 g/mol. The van der Waals surface area contributed by atoms with Crippen LogP contribution in [0.3, 0.4) is 0 Å². The Balaban J connectivity index is 1.44. The molecule has 1 amide bonds. The quantitative estimate of drug-likeness (QED) is 0.713. The number of halogens is 1. The summed E-state index contributed by atoms with van der Waals surface area (Å²) in [4.78, 5) is 14.6. The van der Waals surface area contributed by atoms with Gasteiger partial charge in [0.1, 0.15) is 5.82 Å². The number of hydrogen-bond acceptors (Lipinski definition) is 6. The van der Waals surface area contributed by atoms with Crippen LogP contribution < -0.4 is 10.2 Å². The van der Waals surface area contributed by atoms with E-state index >= 15 is 0 Å². The first kappa shape index (κ1) is 23.6. The van der Waals surface area contributed by atoms with Gasteiger partial charge < -0.3 is 19.7 Å². The third-order valence-corrected chi connectivity index (χ3v) is 7.54. The second-order valence-electron chi connectivity index (χ2n) is 8.32. The number of nitrogens with one attached hydrogen (secondary N) is 1. The zero-order chi connectivity index (χ0) is 23.6. The lowest BCUT2D eigenvalue weighted by Crippen LogP contribution is -2.48. The van der Waals surface area contributed by atoms with Crippen molar-refractivity contribution < 1.29 is 27.1 Å². The zero-order valence-electron chi connectivity index (χ0n) is 18.7. The normalized spacial score (nSPS) is 22.2. The van der Waals surface area contributed by atoms with Crippen molar-refractivity contribution in [2.75, 3.05) is 49.6 Å². The number of ether oxygens (including phenoxy) is 2. The molecule has 2 aliphatic heterocycles. The molecule has 2 unspecified atom stereocenters. The number of anilines is 2. The summed E-state index contributed by atoms with van der Waals surface area (Å²) in [7, 11) is -3.69. The predicted octanol–water partition coefficient (Wildman–Crippen LogP) is 2.71. The first-order chi connectivity index (χ1) is 15.7. The minimum atomic E-state index is -3.69. The summed E-state index contributed by atoms with van der Waals surface area (Å²) < 4.78 is 52.8. The molecule has 2 heterocycles. The van der Waals surface area contributed by atoms with Crippen molar-refractivity contribution in [2.24, 2.45) is 0 Å². The molecule has 8 nitrogen and oxygen atoms in total. The number of carbonyl (C=O) groups excluding carboxylic acids is 1. The van der Waals surface area contributed by atoms with E-state index < -0.39 is 21.7 Å². The summed E-state index contributed by atoms with van der Waals surface area (Å²) in [6, 6.07) is 10.3. The van der Waals surface area contributed by atoms with Gasteiger partial charge in [0, 0.05) is 37.4 Å². The molecule has 0 spiro atoms. The molecular formula is C23H28FN3O5S. The maximum atomic E-state index is 14.6. The molecule has 2 aromatic rings. The van der Waals surface area contributed by atoms with Gasteiger partial charge in [-0.25, -0.2) is 12.8 Å². The Morgan fingerprint density at radius 1 is 1.03 bits per heavy atom. The molecule has 2 atom stereocenters. The fourth-order valence-corrected chi connectivity index (χ4v) is 5.69. The molecule has 0 bridgehead atoms. The van der Waals surface area contributed by atoms with E-state index in [-0.39, 0.29) is 35.8 Å². The van der Waals surface area contributed by atoms with Crippen molar-refractivity contribution in [3.63, 3.8) is 0 Å². The average Bonchev–Trinajstić information content (AvgIpc) is 2.79. The number of morpholine rings is 2. The highest BCUT2D eigenvalue weighted by Crippen LogP contribution is 2.25. The van der Waals surface area contributed by atoms with Gasteiger partial charge in [0.2, 0.25) is 10.0 Å². The molecule has 10 heteroatoms. The molecule has 2 aromatic carbocycles. The first-order valence-electron chi connectivity index (χ1n) is 10.9. The molecule has 1 N–H and O–H groups in total. The summed E-state index contributed by atoms with van der Waals surface area (Å²) in [5, 5.41) is 2.66. The van der Waals surface area contributed by atoms with Crippen molar-refractivity contribution in [2.45, 2.75) is 31.0 Å². The third kappa shape index (κ3) is 5.35. The van der Waals surface area contributed by atoms with Gasteiger partial charge in [0.15, 0.2) is 0 Å². The molecule has 0 saturated carbocycles. The van der Waals surface area contributed by atoms with E-state index in [0.717, 1.165) is 0 Å². The Bertz CT molecular complexity index is 1090. The average molecular weight is 478 g/mol. The van der Waals surface area contributed by atoms with Crippen molar-refractivity contribution in [3.8, 4) is 0 Å². The van der Waals surface area contributed by atoms with E-state index in [9.17, 15) is 17.6 Å². The summed E-state index contributed by atoms with van der Waals surface area (Å²) in [6.45, 7) is 6.55. The Morgan fingerprint density at radius 2 is 1.67 bits per heavy atom. The van der Waals surface area contributed by atoms with Gasteiger partial charge in [-0.05, 0) is 56.3 Å². The van der Waals surface area contributed by atoms with Gasteiger partial charge in [-0.15, -0.1) is 0 Å². The topological polar surface area (TPSA) is 88.2 Å². The highest BCUT2D eigenvalue weighted by molar-refractivity contribution is 7.89. The summed E-state index contributed by atoms with van der Waals surface area (Å²) in [6.07, 6.45) is -0.382. The van der Waals surface area contributed by atoms with Crippen LogP contribution >= 0.6 is 0 Å². The van der Waals surface area contributed by atoms with Crippen LogP contribution in [-0.2, 0) is 19.5 Å². The predicted molar refractivity (Wildman–Crippen MR) is 123 cm³/mol. The number of sulfonamides is 1. The van der Waals surface area contributed by atoms with Gasteiger partial charge in [-0.3, -0.25) is 4.79 Å². The van der Waals surface area contributed by atoms with Crippen LogP contribution in [-0.4, -0.2) is 70.2 Å². The molecule has 33 heavy (non-hydrogen) atoms. The summed E-state index contributed by atoms with van der Waals surface area (Å²) in [5.41, 5.74) is 1.07. The van der Waals surface area contributed by atoms with E-state index in [1.54, 1.807) is 12.1 Å². The Hall–Kier alpha value is -2.53. The number of carbonyl (C=O) groups is 1. The lowest BCUT2D eigenvalue weighted by molar-refractivity contribution is -0.0440. The van der Waals surface area contributed by atoms with Gasteiger partial charge in [0.05, 0.1) is 36.0 Å². The van der Waals surface area contributed by atoms with E-state index in [1.165, 1.54) is 34.6 Å². The molecular weight excluding hydrogens is 449 g/mol. The summed E-state index contributed by atoms with van der Waals surface area (Å²) in [5.74, 6) is -0.879. The maximum absolute atomic E-state index is 14.6. The Morgan fingerprint density at radius 3 is 2.27 bits per heavy atom. The van der Waals surface area contributed by atoms with E-state index in [1.807, 2.05) is 18.7 Å². The molecule has 0 radical (unpaired) electrons. The number of nitrogens with zero attached hydrogens (tertiary/aromatic N) is 2. The highest BCUT2D eigenvalue weighted by Gasteiger charge is 2.32. The second-order valence-corrected chi connectivity index (χ2v) is 10.3. The first-order valence-corrected chi connectivity index (χ1v) is 12.4. The third-order valence-electron chi connectivity index (χ3n) is 5.70. The molecule has 2 fully saturated rings. The SMILES string of the molecule is CC1CN(S(=O)(=O)c2ccc(C(=O)Nc3ccc(N4CCOCC4)c(F)c3)cc2)CC(C)O1. The highest BCUT2D eigenvalue weighted by atomic mass is 32.2. The minimum absolute atomic E-state index is 0.112. The van der Waals surface area contributed by atoms with Gasteiger partial charge in [-0.1, -0.05) is 0 Å². The van der Waals surface area contributed by atoms with Crippen molar-refractivity contribution >= 4 is 27.3 Å². The standard InChI is InChI=1S/C23H28FN3O5S/c1-16-14-27(15-17(2)32-16)33(29,30)20-6-3-18(4-7-20)23(28)25-19-5-8-22(21(24)13-19)26-9-11-31-12-10-26/h3-8,13,16-17H,9-12,14-15H2,1-2H3,(H,25,28). The smallest absolute Gasteiger partial charge is 0.255 e. The van der Waals surface area contributed by atoms with Crippen LogP contribution in [0.25, 0.3) is 0 Å². The molecule has 0 aliphatic carbocycles. The minimum Gasteiger partial charge on any atom is -0.378 e. The van der Waals surface area contributed by atoms with Crippen LogP contribution in [0, 0.1) is 5.82 Å². The van der Waals surface area contributed by atoms with Crippen LogP contribution in [0.2, 0.25) is 0 Å². The number of hydrogen-bond donors (Lipinski definition) is 1. The number of benzene rings is 2. The lowest BCUT2D eigenvalue weighted by Gasteiger charge is -2.34. The molecule has 4 rings (SSSR count). The summed E-state index contributed by atoms with van der Waals surface area (Å²) >= 11 is 0. The fraction of sp³-hybridized carbons (Fsp3) is 0.435. The van der Waals surface area contributed by atoms with Gasteiger partial charge >= 0.3 is 0 Å². The van der Waals surface area contributed by atoms with E-state index in [4.69, 9.17) is 9.47 Å². The Labute approximate surface area is 193 Å². The molecule has 2 aliphatic rings. The van der Waals surface area contributed by atoms with E-state index in [0.29, 0.717) is 37.7 Å².